The molecule has 0 saturated carbocycles. The number of methoxy groups -OCH3 is 2. The highest BCUT2D eigenvalue weighted by Gasteiger charge is 2.22. The number of aryl methyl sites for hydroxylation is 1. The fraction of sp³-hybridized carbons (Fsp3) is 0.435. The number of hydrogen-bond donors (Lipinski definition) is 1. The zero-order chi connectivity index (χ0) is 23.0. The Morgan fingerprint density at radius 3 is 2.29 bits per heavy atom. The number of rotatable bonds is 9. The summed E-state index contributed by atoms with van der Waals surface area (Å²) in [7, 11) is 3.44. The van der Waals surface area contributed by atoms with E-state index in [9.17, 15) is 8.42 Å². The van der Waals surface area contributed by atoms with E-state index in [2.05, 4.69) is 10.3 Å². The van der Waals surface area contributed by atoms with Crippen molar-refractivity contribution in [2.45, 2.75) is 37.8 Å². The molecule has 0 amide bonds. The van der Waals surface area contributed by atoms with Gasteiger partial charge in [-0.1, -0.05) is 25.1 Å². The van der Waals surface area contributed by atoms with Crippen molar-refractivity contribution in [1.29, 1.82) is 0 Å². The number of benzene rings is 2. The van der Waals surface area contributed by atoms with E-state index in [0.29, 0.717) is 35.3 Å². The molecule has 2 rings (SSSR count). The lowest BCUT2D eigenvalue weighted by molar-refractivity contribution is 0.353. The third kappa shape index (κ3) is 6.37. The number of ether oxygens (including phenoxy) is 2. The van der Waals surface area contributed by atoms with Crippen molar-refractivity contribution in [3.63, 3.8) is 0 Å². The molecule has 0 bridgehead atoms. The molecule has 0 aliphatic rings. The molecule has 0 heterocycles. The molecular weight excluding hydrogens is 414 g/mol. The lowest BCUT2D eigenvalue weighted by Crippen LogP contribution is -2.46. The van der Waals surface area contributed by atoms with Gasteiger partial charge in [0.25, 0.3) is 0 Å². The Kier molecular flexibility index (Phi) is 8.74. The molecule has 0 radical (unpaired) electrons. The number of guanidine groups is 1. The van der Waals surface area contributed by atoms with Gasteiger partial charge in [0.05, 0.1) is 24.9 Å². The number of hydrogen-bond acceptors (Lipinski definition) is 5. The maximum Gasteiger partial charge on any atom is 0.193 e. The van der Waals surface area contributed by atoms with Crippen LogP contribution in [0.1, 0.15) is 24.5 Å². The van der Waals surface area contributed by atoms with Gasteiger partial charge < -0.3 is 19.7 Å². The number of sulfone groups is 1. The van der Waals surface area contributed by atoms with Gasteiger partial charge >= 0.3 is 0 Å². The molecular formula is C23H33N3O4S. The summed E-state index contributed by atoms with van der Waals surface area (Å²) in [5, 5.41) is 3.31. The Bertz CT molecular complexity index is 991. The van der Waals surface area contributed by atoms with E-state index in [0.717, 1.165) is 11.1 Å². The topological polar surface area (TPSA) is 80.2 Å². The summed E-state index contributed by atoms with van der Waals surface area (Å²) in [5.41, 5.74) is 2.13. The average molecular weight is 448 g/mol. The lowest BCUT2D eigenvalue weighted by Gasteiger charge is -2.27. The molecule has 0 spiro atoms. The largest absolute Gasteiger partial charge is 0.493 e. The van der Waals surface area contributed by atoms with E-state index in [1.165, 1.54) is 0 Å². The van der Waals surface area contributed by atoms with Gasteiger partial charge in [0, 0.05) is 26.7 Å². The van der Waals surface area contributed by atoms with Crippen molar-refractivity contribution in [3.8, 4) is 11.5 Å². The van der Waals surface area contributed by atoms with Crippen LogP contribution >= 0.6 is 0 Å². The van der Waals surface area contributed by atoms with Gasteiger partial charge in [-0.2, -0.15) is 0 Å². The molecule has 7 nitrogen and oxygen atoms in total. The van der Waals surface area contributed by atoms with Crippen LogP contribution in [0, 0.1) is 6.92 Å². The summed E-state index contributed by atoms with van der Waals surface area (Å²) in [6, 6.07) is 12.2. The first-order valence-electron chi connectivity index (χ1n) is 10.2. The maximum absolute atomic E-state index is 12.8. The van der Waals surface area contributed by atoms with Crippen molar-refractivity contribution in [3.05, 3.63) is 53.6 Å². The molecule has 0 aromatic heterocycles. The smallest absolute Gasteiger partial charge is 0.193 e. The Morgan fingerprint density at radius 1 is 1.13 bits per heavy atom. The molecule has 0 aliphatic heterocycles. The number of aliphatic imine (C=N–C) groups is 1. The molecule has 170 valence electrons. The monoisotopic (exact) mass is 447 g/mol. The highest BCUT2D eigenvalue weighted by molar-refractivity contribution is 7.91. The summed E-state index contributed by atoms with van der Waals surface area (Å²) < 4.78 is 36.4. The first-order chi connectivity index (χ1) is 14.7. The van der Waals surface area contributed by atoms with Crippen LogP contribution in [0.4, 0.5) is 0 Å². The molecule has 0 saturated heterocycles. The molecule has 2 aromatic carbocycles. The number of nitrogens with one attached hydrogen (secondary N) is 1. The SMILES string of the molecule is CCC(CS(=O)(=O)c1ccccc1)NC(=NC)N(C)Cc1cc(OC)c(OC)cc1C. The Morgan fingerprint density at radius 2 is 1.74 bits per heavy atom. The Balaban J connectivity index is 2.14. The normalized spacial score (nSPS) is 12.9. The number of nitrogens with zero attached hydrogens (tertiary/aromatic N) is 2. The van der Waals surface area contributed by atoms with Crippen molar-refractivity contribution < 1.29 is 17.9 Å². The van der Waals surface area contributed by atoms with Crippen LogP contribution in [0.2, 0.25) is 0 Å². The third-order valence-electron chi connectivity index (χ3n) is 5.17. The summed E-state index contributed by atoms with van der Waals surface area (Å²) in [6.07, 6.45) is 0.647. The minimum absolute atomic E-state index is 0.00421. The molecule has 0 aliphatic carbocycles. The van der Waals surface area contributed by atoms with Gasteiger partial charge in [0.1, 0.15) is 0 Å². The van der Waals surface area contributed by atoms with Gasteiger partial charge in [-0.15, -0.1) is 0 Å². The molecule has 2 aromatic rings. The predicted octanol–water partition coefficient (Wildman–Crippen LogP) is 3.27. The second kappa shape index (κ2) is 11.0. The van der Waals surface area contributed by atoms with Crippen LogP contribution in [-0.2, 0) is 16.4 Å². The van der Waals surface area contributed by atoms with E-state index in [1.54, 1.807) is 45.5 Å². The van der Waals surface area contributed by atoms with Crippen molar-refractivity contribution in [1.82, 2.24) is 10.2 Å². The van der Waals surface area contributed by atoms with E-state index >= 15 is 0 Å². The summed E-state index contributed by atoms with van der Waals surface area (Å²) in [5.74, 6) is 1.98. The molecule has 1 N–H and O–H groups in total. The van der Waals surface area contributed by atoms with Crippen molar-refractivity contribution in [2.75, 3.05) is 34.1 Å². The summed E-state index contributed by atoms with van der Waals surface area (Å²) in [4.78, 5) is 6.66. The van der Waals surface area contributed by atoms with Crippen molar-refractivity contribution >= 4 is 15.8 Å². The van der Waals surface area contributed by atoms with Crippen LogP contribution in [0.15, 0.2) is 52.4 Å². The molecule has 8 heteroatoms. The second-order valence-corrected chi connectivity index (χ2v) is 9.42. The van der Waals surface area contributed by atoms with Crippen LogP contribution in [0.3, 0.4) is 0 Å². The summed E-state index contributed by atoms with van der Waals surface area (Å²) >= 11 is 0. The Hall–Kier alpha value is -2.74. The fourth-order valence-corrected chi connectivity index (χ4v) is 4.91. The quantitative estimate of drug-likeness (QED) is 0.469. The van der Waals surface area contributed by atoms with E-state index < -0.39 is 9.84 Å². The third-order valence-corrected chi connectivity index (χ3v) is 7.00. The van der Waals surface area contributed by atoms with Crippen LogP contribution in [0.5, 0.6) is 11.5 Å². The second-order valence-electron chi connectivity index (χ2n) is 7.38. The van der Waals surface area contributed by atoms with Crippen LogP contribution in [-0.4, -0.2) is 59.4 Å². The minimum atomic E-state index is -3.40. The van der Waals surface area contributed by atoms with Gasteiger partial charge in [0.2, 0.25) is 0 Å². The fourth-order valence-electron chi connectivity index (χ4n) is 3.30. The molecule has 31 heavy (non-hydrogen) atoms. The summed E-state index contributed by atoms with van der Waals surface area (Å²) in [6.45, 7) is 4.56. The highest BCUT2D eigenvalue weighted by atomic mass is 32.2. The zero-order valence-corrected chi connectivity index (χ0v) is 20.0. The van der Waals surface area contributed by atoms with Crippen LogP contribution < -0.4 is 14.8 Å². The van der Waals surface area contributed by atoms with Crippen LogP contribution in [0.25, 0.3) is 0 Å². The van der Waals surface area contributed by atoms with Gasteiger partial charge in [-0.3, -0.25) is 4.99 Å². The lowest BCUT2D eigenvalue weighted by atomic mass is 10.1. The molecule has 1 unspecified atom stereocenters. The van der Waals surface area contributed by atoms with Gasteiger partial charge in [-0.05, 0) is 48.7 Å². The molecule has 1 atom stereocenters. The Labute approximate surface area is 186 Å². The predicted molar refractivity (Wildman–Crippen MR) is 125 cm³/mol. The minimum Gasteiger partial charge on any atom is -0.493 e. The maximum atomic E-state index is 12.8. The van der Waals surface area contributed by atoms with E-state index in [4.69, 9.17) is 9.47 Å². The zero-order valence-electron chi connectivity index (χ0n) is 19.2. The highest BCUT2D eigenvalue weighted by Crippen LogP contribution is 2.30. The van der Waals surface area contributed by atoms with Gasteiger partial charge in [-0.25, -0.2) is 8.42 Å². The standard InChI is InChI=1S/C23H33N3O4S/c1-7-19(16-31(27,28)20-11-9-8-10-12-20)25-23(24-3)26(4)15-18-14-22(30-6)21(29-5)13-17(18)2/h8-14,19H,7,15-16H2,1-6H3,(H,24,25). The van der Waals surface area contributed by atoms with E-state index in [1.807, 2.05) is 44.0 Å². The average Bonchev–Trinajstić information content (AvgIpc) is 2.77. The van der Waals surface area contributed by atoms with Gasteiger partial charge in [0.15, 0.2) is 27.3 Å². The molecule has 0 fully saturated rings. The first kappa shape index (κ1) is 24.5. The first-order valence-corrected chi connectivity index (χ1v) is 11.8. The van der Waals surface area contributed by atoms with E-state index in [-0.39, 0.29) is 11.8 Å². The van der Waals surface area contributed by atoms with Crippen molar-refractivity contribution in [2.24, 2.45) is 4.99 Å².